The highest BCUT2D eigenvalue weighted by Gasteiger charge is 2.14. The third-order valence-corrected chi connectivity index (χ3v) is 4.62. The van der Waals surface area contributed by atoms with Crippen LogP contribution in [0.2, 0.25) is 0 Å². The van der Waals surface area contributed by atoms with Gasteiger partial charge >= 0.3 is 0 Å². The molecule has 3 rings (SSSR count). The van der Waals surface area contributed by atoms with E-state index in [1.165, 1.54) is 53.3 Å². The Kier molecular flexibility index (Phi) is 3.44. The summed E-state index contributed by atoms with van der Waals surface area (Å²) in [6.45, 7) is 2.36. The molecule has 1 aromatic heterocycles. The predicted octanol–water partition coefficient (Wildman–Crippen LogP) is 3.48. The molecule has 1 saturated heterocycles. The highest BCUT2D eigenvalue weighted by molar-refractivity contribution is 9.10. The van der Waals surface area contributed by atoms with E-state index in [0.29, 0.717) is 0 Å². The van der Waals surface area contributed by atoms with Crippen LogP contribution in [0.4, 0.5) is 0 Å². The van der Waals surface area contributed by atoms with Crippen molar-refractivity contribution in [2.24, 2.45) is 13.0 Å². The zero-order valence-electron chi connectivity index (χ0n) is 10.7. The number of halogens is 1. The summed E-state index contributed by atoms with van der Waals surface area (Å²) in [5.74, 6) is 0.853. The standard InChI is InChI=1S/C15H19BrN2/c1-18-10-14(16)13-9-12(2-3-15(13)18)8-11-4-6-17-7-5-11/h2-3,9-11,17H,4-8H2,1H3. The van der Waals surface area contributed by atoms with E-state index in [1.807, 2.05) is 0 Å². The molecule has 0 aliphatic carbocycles. The van der Waals surface area contributed by atoms with Crippen molar-refractivity contribution in [3.8, 4) is 0 Å². The maximum atomic E-state index is 3.65. The number of benzene rings is 1. The summed E-state index contributed by atoms with van der Waals surface area (Å²) in [7, 11) is 2.10. The Morgan fingerprint density at radius 3 is 2.89 bits per heavy atom. The van der Waals surface area contributed by atoms with Crippen LogP contribution in [-0.2, 0) is 13.5 Å². The average Bonchev–Trinajstić information content (AvgIpc) is 2.66. The van der Waals surface area contributed by atoms with Crippen molar-refractivity contribution in [1.82, 2.24) is 9.88 Å². The molecule has 1 fully saturated rings. The molecule has 0 unspecified atom stereocenters. The van der Waals surface area contributed by atoms with E-state index in [-0.39, 0.29) is 0 Å². The normalized spacial score (nSPS) is 17.4. The van der Waals surface area contributed by atoms with Crippen LogP contribution < -0.4 is 5.32 Å². The van der Waals surface area contributed by atoms with Gasteiger partial charge in [-0.1, -0.05) is 6.07 Å². The second-order valence-electron chi connectivity index (χ2n) is 5.34. The van der Waals surface area contributed by atoms with Crippen LogP contribution >= 0.6 is 15.9 Å². The maximum Gasteiger partial charge on any atom is 0.0489 e. The number of nitrogens with zero attached hydrogens (tertiary/aromatic N) is 1. The topological polar surface area (TPSA) is 17.0 Å². The van der Waals surface area contributed by atoms with Crippen molar-refractivity contribution in [3.05, 3.63) is 34.4 Å². The van der Waals surface area contributed by atoms with E-state index in [1.54, 1.807) is 0 Å². The first kappa shape index (κ1) is 12.2. The van der Waals surface area contributed by atoms with Gasteiger partial charge in [0.05, 0.1) is 0 Å². The van der Waals surface area contributed by atoms with E-state index in [0.717, 1.165) is 5.92 Å². The minimum Gasteiger partial charge on any atom is -0.349 e. The Morgan fingerprint density at radius 1 is 1.33 bits per heavy atom. The molecule has 0 spiro atoms. The van der Waals surface area contributed by atoms with Crippen molar-refractivity contribution in [3.63, 3.8) is 0 Å². The summed E-state index contributed by atoms with van der Waals surface area (Å²) in [5, 5.41) is 4.77. The van der Waals surface area contributed by atoms with Crippen LogP contribution in [0.15, 0.2) is 28.9 Å². The van der Waals surface area contributed by atoms with Crippen LogP contribution in [0.25, 0.3) is 10.9 Å². The van der Waals surface area contributed by atoms with Gasteiger partial charge in [-0.3, -0.25) is 0 Å². The molecule has 1 aliphatic rings. The number of aromatic nitrogens is 1. The Hall–Kier alpha value is -0.800. The van der Waals surface area contributed by atoms with Gasteiger partial charge in [0.1, 0.15) is 0 Å². The lowest BCUT2D eigenvalue weighted by molar-refractivity contribution is 0.373. The fraction of sp³-hybridized carbons (Fsp3) is 0.467. The molecule has 2 aromatic rings. The van der Waals surface area contributed by atoms with E-state index < -0.39 is 0 Å². The fourth-order valence-corrected chi connectivity index (χ4v) is 3.56. The van der Waals surface area contributed by atoms with E-state index in [9.17, 15) is 0 Å². The van der Waals surface area contributed by atoms with Crippen molar-refractivity contribution >= 4 is 26.8 Å². The predicted molar refractivity (Wildman–Crippen MR) is 79.9 cm³/mol. The van der Waals surface area contributed by atoms with Crippen LogP contribution in [-0.4, -0.2) is 17.7 Å². The second kappa shape index (κ2) is 5.06. The first-order valence-electron chi connectivity index (χ1n) is 6.68. The minimum atomic E-state index is 0.853. The zero-order chi connectivity index (χ0) is 12.5. The summed E-state index contributed by atoms with van der Waals surface area (Å²) >= 11 is 3.65. The Bertz CT molecular complexity index is 553. The molecule has 18 heavy (non-hydrogen) atoms. The van der Waals surface area contributed by atoms with Gasteiger partial charge < -0.3 is 9.88 Å². The van der Waals surface area contributed by atoms with Gasteiger partial charge in [-0.2, -0.15) is 0 Å². The molecule has 1 N–H and O–H groups in total. The lowest BCUT2D eigenvalue weighted by atomic mass is 9.91. The third kappa shape index (κ3) is 2.34. The van der Waals surface area contributed by atoms with Gasteiger partial charge in [-0.15, -0.1) is 0 Å². The van der Waals surface area contributed by atoms with Gasteiger partial charge in [0, 0.05) is 28.6 Å². The molecule has 1 aromatic carbocycles. The number of fused-ring (bicyclic) bond motifs is 1. The molecular weight excluding hydrogens is 288 g/mol. The summed E-state index contributed by atoms with van der Waals surface area (Å²) in [6, 6.07) is 6.88. The van der Waals surface area contributed by atoms with Crippen LogP contribution in [0.5, 0.6) is 0 Å². The van der Waals surface area contributed by atoms with Crippen molar-refractivity contribution in [2.45, 2.75) is 19.3 Å². The molecule has 3 heteroatoms. The SMILES string of the molecule is Cn1cc(Br)c2cc(CC3CCNCC3)ccc21. The highest BCUT2D eigenvalue weighted by atomic mass is 79.9. The molecular formula is C15H19BrN2. The number of rotatable bonds is 2. The van der Waals surface area contributed by atoms with Crippen LogP contribution in [0.3, 0.4) is 0 Å². The summed E-state index contributed by atoms with van der Waals surface area (Å²) in [4.78, 5) is 0. The summed E-state index contributed by atoms with van der Waals surface area (Å²) in [6.07, 6.45) is 5.99. The lowest BCUT2D eigenvalue weighted by Crippen LogP contribution is -2.28. The molecule has 0 saturated carbocycles. The van der Waals surface area contributed by atoms with Crippen molar-refractivity contribution in [2.75, 3.05) is 13.1 Å². The molecule has 2 nitrogen and oxygen atoms in total. The Balaban J connectivity index is 1.86. The number of aryl methyl sites for hydroxylation is 1. The van der Waals surface area contributed by atoms with E-state index in [2.05, 4.69) is 57.3 Å². The molecule has 0 radical (unpaired) electrons. The summed E-state index contributed by atoms with van der Waals surface area (Å²) < 4.78 is 3.38. The van der Waals surface area contributed by atoms with Gasteiger partial charge in [0.2, 0.25) is 0 Å². The third-order valence-electron chi connectivity index (χ3n) is 3.99. The molecule has 96 valence electrons. The molecule has 0 atom stereocenters. The smallest absolute Gasteiger partial charge is 0.0489 e. The van der Waals surface area contributed by atoms with Crippen LogP contribution in [0.1, 0.15) is 18.4 Å². The molecule has 1 aliphatic heterocycles. The van der Waals surface area contributed by atoms with Crippen molar-refractivity contribution in [1.29, 1.82) is 0 Å². The largest absolute Gasteiger partial charge is 0.349 e. The van der Waals surface area contributed by atoms with Gasteiger partial charge in [0.25, 0.3) is 0 Å². The molecule has 0 amide bonds. The lowest BCUT2D eigenvalue weighted by Gasteiger charge is -2.22. The molecule has 2 heterocycles. The Morgan fingerprint density at radius 2 is 2.11 bits per heavy atom. The Labute approximate surface area is 116 Å². The van der Waals surface area contributed by atoms with Gasteiger partial charge in [-0.05, 0) is 71.9 Å². The zero-order valence-corrected chi connectivity index (χ0v) is 12.3. The van der Waals surface area contributed by atoms with Gasteiger partial charge in [-0.25, -0.2) is 0 Å². The minimum absolute atomic E-state index is 0.853. The van der Waals surface area contributed by atoms with Crippen molar-refractivity contribution < 1.29 is 0 Å². The summed E-state index contributed by atoms with van der Waals surface area (Å²) in [5.41, 5.74) is 2.78. The van der Waals surface area contributed by atoms with Gasteiger partial charge in [0.15, 0.2) is 0 Å². The van der Waals surface area contributed by atoms with Crippen LogP contribution in [0, 0.1) is 5.92 Å². The second-order valence-corrected chi connectivity index (χ2v) is 6.19. The van der Waals surface area contributed by atoms with E-state index in [4.69, 9.17) is 0 Å². The number of nitrogens with one attached hydrogen (secondary N) is 1. The number of hydrogen-bond acceptors (Lipinski definition) is 1. The first-order valence-corrected chi connectivity index (χ1v) is 7.47. The first-order chi connectivity index (χ1) is 8.74. The highest BCUT2D eigenvalue weighted by Crippen LogP contribution is 2.28. The fourth-order valence-electron chi connectivity index (χ4n) is 2.94. The van der Waals surface area contributed by atoms with E-state index >= 15 is 0 Å². The molecule has 0 bridgehead atoms. The average molecular weight is 307 g/mol. The number of hydrogen-bond donors (Lipinski definition) is 1. The monoisotopic (exact) mass is 306 g/mol. The number of piperidine rings is 1. The quantitative estimate of drug-likeness (QED) is 0.899. The maximum absolute atomic E-state index is 3.65.